The van der Waals surface area contributed by atoms with Crippen LogP contribution in [0.5, 0.6) is 0 Å². The highest BCUT2D eigenvalue weighted by Crippen LogP contribution is 2.22. The monoisotopic (exact) mass is 281 g/mol. The van der Waals surface area contributed by atoms with E-state index in [4.69, 9.17) is 15.4 Å². The van der Waals surface area contributed by atoms with Gasteiger partial charge in [-0.05, 0) is 12.1 Å². The SMILES string of the molecule is NC(CO)S(=O)(=O)c1ccccc1S(=O)(=O)O. The Morgan fingerprint density at radius 2 is 1.59 bits per heavy atom. The van der Waals surface area contributed by atoms with Crippen molar-refractivity contribution in [3.8, 4) is 0 Å². The zero-order valence-corrected chi connectivity index (χ0v) is 10.1. The topological polar surface area (TPSA) is 135 Å². The molecule has 0 fully saturated rings. The van der Waals surface area contributed by atoms with Crippen LogP contribution in [-0.4, -0.2) is 38.5 Å². The minimum Gasteiger partial charge on any atom is -0.394 e. The lowest BCUT2D eigenvalue weighted by atomic mass is 10.4. The molecule has 1 atom stereocenters. The molecule has 0 aromatic heterocycles. The molecule has 1 aromatic carbocycles. The molecule has 0 heterocycles. The van der Waals surface area contributed by atoms with Crippen LogP contribution in [-0.2, 0) is 20.0 Å². The van der Waals surface area contributed by atoms with E-state index in [1.807, 2.05) is 0 Å². The van der Waals surface area contributed by atoms with E-state index in [0.717, 1.165) is 12.1 Å². The first-order chi connectivity index (χ1) is 7.71. The van der Waals surface area contributed by atoms with Gasteiger partial charge in [-0.15, -0.1) is 0 Å². The van der Waals surface area contributed by atoms with Crippen molar-refractivity contribution in [2.75, 3.05) is 6.61 Å². The Balaban J connectivity index is 3.54. The van der Waals surface area contributed by atoms with Crippen molar-refractivity contribution >= 4 is 20.0 Å². The van der Waals surface area contributed by atoms with E-state index in [9.17, 15) is 16.8 Å². The van der Waals surface area contributed by atoms with Crippen LogP contribution in [0.4, 0.5) is 0 Å². The molecule has 1 unspecified atom stereocenters. The fourth-order valence-corrected chi connectivity index (χ4v) is 3.54. The van der Waals surface area contributed by atoms with Crippen molar-refractivity contribution in [1.82, 2.24) is 0 Å². The number of hydrogen-bond donors (Lipinski definition) is 3. The molecule has 4 N–H and O–H groups in total. The van der Waals surface area contributed by atoms with Crippen LogP contribution in [0.15, 0.2) is 34.1 Å². The van der Waals surface area contributed by atoms with E-state index < -0.39 is 41.7 Å². The van der Waals surface area contributed by atoms with E-state index in [-0.39, 0.29) is 0 Å². The summed E-state index contributed by atoms with van der Waals surface area (Å²) in [5.74, 6) is 0. The van der Waals surface area contributed by atoms with E-state index in [1.165, 1.54) is 12.1 Å². The lowest BCUT2D eigenvalue weighted by Gasteiger charge is -2.12. The predicted molar refractivity (Wildman–Crippen MR) is 58.5 cm³/mol. The van der Waals surface area contributed by atoms with Crippen LogP contribution in [0.25, 0.3) is 0 Å². The Kier molecular flexibility index (Phi) is 3.89. The molecular formula is C8H11NO6S2. The normalized spacial score (nSPS) is 14.5. The standard InChI is InChI=1S/C8H11NO6S2/c9-8(5-10)16(11,12)6-3-1-2-4-7(6)17(13,14)15/h1-4,8,10H,5,9H2,(H,13,14,15). The van der Waals surface area contributed by atoms with Gasteiger partial charge in [0, 0.05) is 0 Å². The summed E-state index contributed by atoms with van der Waals surface area (Å²) in [6, 6.07) is 4.47. The fourth-order valence-electron chi connectivity index (χ4n) is 1.16. The second-order valence-electron chi connectivity index (χ2n) is 3.19. The highest BCUT2D eigenvalue weighted by Gasteiger charge is 2.29. The average molecular weight is 281 g/mol. The summed E-state index contributed by atoms with van der Waals surface area (Å²) in [4.78, 5) is -1.40. The van der Waals surface area contributed by atoms with E-state index in [2.05, 4.69) is 0 Å². The second kappa shape index (κ2) is 4.70. The first-order valence-corrected chi connectivity index (χ1v) is 7.36. The molecule has 1 rings (SSSR count). The Labute approximate surface area is 98.5 Å². The van der Waals surface area contributed by atoms with Crippen molar-refractivity contribution in [2.45, 2.75) is 15.2 Å². The molecular weight excluding hydrogens is 270 g/mol. The van der Waals surface area contributed by atoms with Gasteiger partial charge in [0.1, 0.15) is 10.3 Å². The molecule has 0 amide bonds. The molecule has 0 bridgehead atoms. The van der Waals surface area contributed by atoms with Gasteiger partial charge in [0.15, 0.2) is 9.84 Å². The van der Waals surface area contributed by atoms with Crippen LogP contribution in [0.1, 0.15) is 0 Å². The number of rotatable bonds is 4. The molecule has 0 spiro atoms. The summed E-state index contributed by atoms with van der Waals surface area (Å²) in [6.07, 6.45) is 0. The van der Waals surface area contributed by atoms with E-state index >= 15 is 0 Å². The lowest BCUT2D eigenvalue weighted by molar-refractivity contribution is 0.291. The van der Waals surface area contributed by atoms with Crippen molar-refractivity contribution < 1.29 is 26.5 Å². The Bertz CT molecular complexity index is 607. The number of nitrogens with two attached hydrogens (primary N) is 1. The summed E-state index contributed by atoms with van der Waals surface area (Å²) in [5.41, 5.74) is 5.18. The van der Waals surface area contributed by atoms with Gasteiger partial charge in [-0.2, -0.15) is 8.42 Å². The van der Waals surface area contributed by atoms with Crippen LogP contribution < -0.4 is 5.73 Å². The molecule has 0 saturated heterocycles. The summed E-state index contributed by atoms with van der Waals surface area (Å²) < 4.78 is 54.4. The number of hydrogen-bond acceptors (Lipinski definition) is 6. The van der Waals surface area contributed by atoms with E-state index in [0.29, 0.717) is 0 Å². The quantitative estimate of drug-likeness (QED) is 0.601. The maximum Gasteiger partial charge on any atom is 0.295 e. The second-order valence-corrected chi connectivity index (χ2v) is 6.71. The number of aliphatic hydroxyl groups is 1. The van der Waals surface area contributed by atoms with Crippen molar-refractivity contribution in [3.63, 3.8) is 0 Å². The maximum atomic E-state index is 11.8. The number of sulfone groups is 1. The van der Waals surface area contributed by atoms with Crippen LogP contribution in [0.2, 0.25) is 0 Å². The highest BCUT2D eigenvalue weighted by atomic mass is 32.2. The van der Waals surface area contributed by atoms with Crippen molar-refractivity contribution in [3.05, 3.63) is 24.3 Å². The van der Waals surface area contributed by atoms with Gasteiger partial charge < -0.3 is 10.8 Å². The molecule has 0 saturated carbocycles. The van der Waals surface area contributed by atoms with Gasteiger partial charge in [-0.3, -0.25) is 4.55 Å². The predicted octanol–water partition coefficient (Wildman–Crippen LogP) is -1.02. The molecule has 17 heavy (non-hydrogen) atoms. The Morgan fingerprint density at radius 1 is 1.12 bits per heavy atom. The minimum absolute atomic E-state index is 0.635. The zero-order valence-electron chi connectivity index (χ0n) is 8.52. The summed E-state index contributed by atoms with van der Waals surface area (Å²) in [6.45, 7) is -0.859. The lowest BCUT2D eigenvalue weighted by Crippen LogP contribution is -2.34. The van der Waals surface area contributed by atoms with Crippen LogP contribution in [0.3, 0.4) is 0 Å². The molecule has 0 aliphatic carbocycles. The maximum absolute atomic E-state index is 11.8. The Hall–Kier alpha value is -1.00. The van der Waals surface area contributed by atoms with Gasteiger partial charge in [0.05, 0.1) is 11.5 Å². The third-order valence-electron chi connectivity index (χ3n) is 2.01. The summed E-state index contributed by atoms with van der Waals surface area (Å²) in [5, 5.41) is 7.06. The van der Waals surface area contributed by atoms with Crippen molar-refractivity contribution in [2.24, 2.45) is 5.73 Å². The van der Waals surface area contributed by atoms with E-state index in [1.54, 1.807) is 0 Å². The third kappa shape index (κ3) is 2.82. The number of aliphatic hydroxyl groups excluding tert-OH is 1. The number of benzene rings is 1. The largest absolute Gasteiger partial charge is 0.394 e. The molecule has 7 nitrogen and oxygen atoms in total. The Morgan fingerprint density at radius 3 is 2.00 bits per heavy atom. The highest BCUT2D eigenvalue weighted by molar-refractivity contribution is 7.93. The molecule has 0 aliphatic heterocycles. The van der Waals surface area contributed by atoms with Gasteiger partial charge in [0.25, 0.3) is 10.1 Å². The van der Waals surface area contributed by atoms with Gasteiger partial charge >= 0.3 is 0 Å². The first-order valence-electron chi connectivity index (χ1n) is 4.38. The molecule has 9 heteroatoms. The van der Waals surface area contributed by atoms with Crippen LogP contribution in [0, 0.1) is 0 Å². The smallest absolute Gasteiger partial charge is 0.295 e. The molecule has 0 aliphatic rings. The van der Waals surface area contributed by atoms with Gasteiger partial charge in [-0.1, -0.05) is 12.1 Å². The third-order valence-corrected chi connectivity index (χ3v) is 4.97. The zero-order chi connectivity index (χ0) is 13.3. The summed E-state index contributed by atoms with van der Waals surface area (Å²) >= 11 is 0. The van der Waals surface area contributed by atoms with Gasteiger partial charge in [0.2, 0.25) is 0 Å². The molecule has 96 valence electrons. The van der Waals surface area contributed by atoms with Crippen LogP contribution >= 0.6 is 0 Å². The fraction of sp³-hybridized carbons (Fsp3) is 0.250. The minimum atomic E-state index is -4.67. The first kappa shape index (κ1) is 14.1. The molecule has 1 aromatic rings. The summed E-state index contributed by atoms with van der Waals surface area (Å²) in [7, 11) is -8.89. The van der Waals surface area contributed by atoms with Crippen molar-refractivity contribution in [1.29, 1.82) is 0 Å². The van der Waals surface area contributed by atoms with Gasteiger partial charge in [-0.25, -0.2) is 8.42 Å². The average Bonchev–Trinajstić information content (AvgIpc) is 2.26. The molecule has 0 radical (unpaired) electrons.